The van der Waals surface area contributed by atoms with Crippen LogP contribution < -0.4 is 9.64 Å². The number of ether oxygens (including phenoxy) is 1. The summed E-state index contributed by atoms with van der Waals surface area (Å²) in [7, 11) is 0. The van der Waals surface area contributed by atoms with E-state index in [-0.39, 0.29) is 22.7 Å². The monoisotopic (exact) mass is 370 g/mol. The van der Waals surface area contributed by atoms with Crippen LogP contribution in [0.1, 0.15) is 19.4 Å². The Morgan fingerprint density at radius 3 is 2.48 bits per heavy atom. The number of nitrogens with zero attached hydrogens (tertiary/aromatic N) is 2. The standard InChI is InChI=1S/C20H22N2O5/c1-5-19(24)27-18-11-10-16(22(25)26)20(13(18)4)15-9-8-14(12-17(15)23)21(6-2)7-3/h5,8-12,23H,1,6-7H2,2-4H3. The zero-order chi connectivity index (χ0) is 20.1. The Balaban J connectivity index is 2.65. The van der Waals surface area contributed by atoms with E-state index in [4.69, 9.17) is 4.74 Å². The molecule has 142 valence electrons. The van der Waals surface area contributed by atoms with Crippen LogP contribution in [0.2, 0.25) is 0 Å². The lowest BCUT2D eigenvalue weighted by Crippen LogP contribution is -2.21. The Hall–Kier alpha value is -3.35. The van der Waals surface area contributed by atoms with Crippen LogP contribution in [0.3, 0.4) is 0 Å². The summed E-state index contributed by atoms with van der Waals surface area (Å²) in [5, 5.41) is 22.1. The molecule has 2 aromatic carbocycles. The highest BCUT2D eigenvalue weighted by atomic mass is 16.6. The molecule has 0 saturated heterocycles. The van der Waals surface area contributed by atoms with Crippen LogP contribution in [-0.2, 0) is 4.79 Å². The molecule has 0 saturated carbocycles. The Bertz CT molecular complexity index is 888. The summed E-state index contributed by atoms with van der Waals surface area (Å²) in [5.41, 5.74) is 1.52. The quantitative estimate of drug-likeness (QED) is 0.258. The van der Waals surface area contributed by atoms with Crippen LogP contribution in [0.25, 0.3) is 11.1 Å². The van der Waals surface area contributed by atoms with Crippen LogP contribution in [-0.4, -0.2) is 29.1 Å². The average molecular weight is 370 g/mol. The first-order valence-corrected chi connectivity index (χ1v) is 8.54. The number of rotatable bonds is 7. The summed E-state index contributed by atoms with van der Waals surface area (Å²) >= 11 is 0. The summed E-state index contributed by atoms with van der Waals surface area (Å²) in [6, 6.07) is 7.63. The lowest BCUT2D eigenvalue weighted by atomic mass is 9.96. The molecule has 7 nitrogen and oxygen atoms in total. The van der Waals surface area contributed by atoms with Crippen LogP contribution in [0.4, 0.5) is 11.4 Å². The first-order valence-electron chi connectivity index (χ1n) is 8.54. The van der Waals surface area contributed by atoms with Gasteiger partial charge in [0.2, 0.25) is 0 Å². The van der Waals surface area contributed by atoms with Crippen molar-refractivity contribution in [2.45, 2.75) is 20.8 Å². The van der Waals surface area contributed by atoms with Gasteiger partial charge in [-0.2, -0.15) is 0 Å². The summed E-state index contributed by atoms with van der Waals surface area (Å²) in [6.07, 6.45) is 1.01. The fraction of sp³-hybridized carbons (Fsp3) is 0.250. The van der Waals surface area contributed by atoms with Crippen LogP contribution >= 0.6 is 0 Å². The van der Waals surface area contributed by atoms with Gasteiger partial charge in [-0.3, -0.25) is 10.1 Å². The molecule has 0 aliphatic carbocycles. The number of nitro benzene ring substituents is 1. The molecular formula is C20H22N2O5. The highest BCUT2D eigenvalue weighted by molar-refractivity contribution is 5.87. The number of phenolic OH excluding ortho intramolecular Hbond substituents is 1. The number of hydrogen-bond acceptors (Lipinski definition) is 6. The molecule has 27 heavy (non-hydrogen) atoms. The highest BCUT2D eigenvalue weighted by Crippen LogP contribution is 2.42. The minimum Gasteiger partial charge on any atom is -0.507 e. The highest BCUT2D eigenvalue weighted by Gasteiger charge is 2.24. The molecule has 0 amide bonds. The SMILES string of the molecule is C=CC(=O)Oc1ccc([N+](=O)[O-])c(-c2ccc(N(CC)CC)cc2O)c1C. The maximum Gasteiger partial charge on any atom is 0.335 e. The predicted molar refractivity (Wildman–Crippen MR) is 104 cm³/mol. The summed E-state index contributed by atoms with van der Waals surface area (Å²) in [6.45, 7) is 10.5. The zero-order valence-corrected chi connectivity index (χ0v) is 15.6. The van der Waals surface area contributed by atoms with E-state index in [1.54, 1.807) is 25.1 Å². The van der Waals surface area contributed by atoms with E-state index < -0.39 is 10.9 Å². The molecule has 0 fully saturated rings. The fourth-order valence-electron chi connectivity index (χ4n) is 2.95. The Morgan fingerprint density at radius 2 is 1.96 bits per heavy atom. The number of esters is 1. The number of carbonyl (C=O) groups excluding carboxylic acids is 1. The van der Waals surface area contributed by atoms with E-state index in [0.29, 0.717) is 11.1 Å². The van der Waals surface area contributed by atoms with Gasteiger partial charge in [0.05, 0.1) is 10.5 Å². The molecule has 0 radical (unpaired) electrons. The normalized spacial score (nSPS) is 10.3. The van der Waals surface area contributed by atoms with Crippen LogP contribution in [0.5, 0.6) is 11.5 Å². The third-order valence-electron chi connectivity index (χ3n) is 4.35. The van der Waals surface area contributed by atoms with Crippen molar-refractivity contribution < 1.29 is 19.6 Å². The number of benzene rings is 2. The number of hydrogen-bond donors (Lipinski definition) is 1. The van der Waals surface area contributed by atoms with E-state index in [9.17, 15) is 20.0 Å². The van der Waals surface area contributed by atoms with Crippen molar-refractivity contribution in [3.63, 3.8) is 0 Å². The smallest absolute Gasteiger partial charge is 0.335 e. The van der Waals surface area contributed by atoms with Gasteiger partial charge in [-0.1, -0.05) is 6.58 Å². The van der Waals surface area contributed by atoms with Crippen molar-refractivity contribution in [1.29, 1.82) is 0 Å². The second kappa shape index (κ2) is 8.35. The molecular weight excluding hydrogens is 348 g/mol. The minimum absolute atomic E-state index is 0.0854. The molecule has 2 aromatic rings. The van der Waals surface area contributed by atoms with Gasteiger partial charge in [-0.25, -0.2) is 4.79 Å². The zero-order valence-electron chi connectivity index (χ0n) is 15.6. The lowest BCUT2D eigenvalue weighted by Gasteiger charge is -2.22. The van der Waals surface area contributed by atoms with Crippen LogP contribution in [0, 0.1) is 17.0 Å². The lowest BCUT2D eigenvalue weighted by molar-refractivity contribution is -0.384. The van der Waals surface area contributed by atoms with E-state index >= 15 is 0 Å². The maximum atomic E-state index is 11.5. The van der Waals surface area contributed by atoms with Crippen molar-refractivity contribution in [2.24, 2.45) is 0 Å². The molecule has 0 aromatic heterocycles. The Kier molecular flexibility index (Phi) is 6.18. The van der Waals surface area contributed by atoms with E-state index in [0.717, 1.165) is 24.9 Å². The van der Waals surface area contributed by atoms with Crippen molar-refractivity contribution in [1.82, 2.24) is 0 Å². The molecule has 2 rings (SSSR count). The first kappa shape index (κ1) is 20.0. The summed E-state index contributed by atoms with van der Waals surface area (Å²) < 4.78 is 5.16. The number of anilines is 1. The van der Waals surface area contributed by atoms with Crippen LogP contribution in [0.15, 0.2) is 43.0 Å². The summed E-state index contributed by atoms with van der Waals surface area (Å²) in [4.78, 5) is 24.6. The van der Waals surface area contributed by atoms with E-state index in [1.807, 2.05) is 18.7 Å². The van der Waals surface area contributed by atoms with Gasteiger partial charge in [-0.05, 0) is 39.0 Å². The molecule has 0 bridgehead atoms. The van der Waals surface area contributed by atoms with Gasteiger partial charge in [0.25, 0.3) is 5.69 Å². The molecule has 1 N–H and O–H groups in total. The third-order valence-corrected chi connectivity index (χ3v) is 4.35. The molecule has 0 aliphatic rings. The minimum atomic E-state index is -0.668. The van der Waals surface area contributed by atoms with Gasteiger partial charge in [0.15, 0.2) is 0 Å². The average Bonchev–Trinajstić information content (AvgIpc) is 2.64. The van der Waals surface area contributed by atoms with Gasteiger partial charge in [0, 0.05) is 48.1 Å². The number of aromatic hydroxyl groups is 1. The molecule has 0 atom stereocenters. The number of phenols is 1. The Morgan fingerprint density at radius 1 is 1.30 bits per heavy atom. The maximum absolute atomic E-state index is 11.5. The molecule has 7 heteroatoms. The van der Waals surface area contributed by atoms with Crippen molar-refractivity contribution in [3.8, 4) is 22.6 Å². The second-order valence-corrected chi connectivity index (χ2v) is 5.84. The van der Waals surface area contributed by atoms with E-state index in [2.05, 4.69) is 6.58 Å². The molecule has 0 unspecified atom stereocenters. The van der Waals surface area contributed by atoms with Crippen molar-refractivity contribution in [3.05, 3.63) is 58.7 Å². The number of nitro groups is 1. The Labute approximate surface area is 157 Å². The van der Waals surface area contributed by atoms with Gasteiger partial charge < -0.3 is 14.7 Å². The topological polar surface area (TPSA) is 92.9 Å². The summed E-state index contributed by atoms with van der Waals surface area (Å²) in [5.74, 6) is -0.579. The molecule has 0 spiro atoms. The molecule has 0 heterocycles. The second-order valence-electron chi connectivity index (χ2n) is 5.84. The fourth-order valence-corrected chi connectivity index (χ4v) is 2.95. The van der Waals surface area contributed by atoms with Gasteiger partial charge >= 0.3 is 5.97 Å². The first-order chi connectivity index (χ1) is 12.8. The van der Waals surface area contributed by atoms with Crippen molar-refractivity contribution >= 4 is 17.3 Å². The molecule has 0 aliphatic heterocycles. The van der Waals surface area contributed by atoms with Gasteiger partial charge in [0.1, 0.15) is 11.5 Å². The number of carbonyl (C=O) groups is 1. The predicted octanol–water partition coefficient (Wildman–Crippen LogP) is 4.21. The van der Waals surface area contributed by atoms with E-state index in [1.165, 1.54) is 12.1 Å². The largest absolute Gasteiger partial charge is 0.507 e. The van der Waals surface area contributed by atoms with Gasteiger partial charge in [-0.15, -0.1) is 0 Å². The third kappa shape index (κ3) is 4.08. The van der Waals surface area contributed by atoms with Crippen molar-refractivity contribution in [2.75, 3.05) is 18.0 Å².